The first kappa shape index (κ1) is 36.0. The third-order valence-corrected chi connectivity index (χ3v) is 8.25. The second kappa shape index (κ2) is 14.7. The second-order valence-electron chi connectivity index (χ2n) is 12.7. The van der Waals surface area contributed by atoms with Crippen molar-refractivity contribution < 1.29 is 38.1 Å². The van der Waals surface area contributed by atoms with Crippen LogP contribution in [0.5, 0.6) is 11.5 Å². The minimum absolute atomic E-state index is 0.0434. The van der Waals surface area contributed by atoms with Crippen molar-refractivity contribution in [2.45, 2.75) is 41.0 Å². The Morgan fingerprint density at radius 3 is 1.49 bits per heavy atom. The van der Waals surface area contributed by atoms with Crippen molar-refractivity contribution in [3.05, 3.63) is 138 Å². The van der Waals surface area contributed by atoms with E-state index >= 15 is 0 Å². The zero-order valence-corrected chi connectivity index (χ0v) is 29.3. The first-order valence-electron chi connectivity index (χ1n) is 16.2. The van der Waals surface area contributed by atoms with Crippen LogP contribution in [0.4, 0.5) is 0 Å². The van der Waals surface area contributed by atoms with Crippen LogP contribution >= 0.6 is 0 Å². The van der Waals surface area contributed by atoms with E-state index in [1.807, 2.05) is 55.5 Å². The molecule has 0 amide bonds. The molecule has 0 saturated carbocycles. The molecule has 0 N–H and O–H groups in total. The van der Waals surface area contributed by atoms with Crippen LogP contribution in [-0.4, -0.2) is 23.9 Å². The summed E-state index contributed by atoms with van der Waals surface area (Å²) in [5.41, 5.74) is 4.08. The molecular formula is C43H38O8. The molecule has 1 aliphatic carbocycles. The molecule has 0 spiro atoms. The highest BCUT2D eigenvalue weighted by atomic mass is 16.6. The van der Waals surface area contributed by atoms with Gasteiger partial charge in [-0.3, -0.25) is 0 Å². The van der Waals surface area contributed by atoms with Crippen LogP contribution < -0.4 is 9.47 Å². The smallest absolute Gasteiger partial charge is 0.338 e. The Bertz CT molecular complexity index is 2220. The van der Waals surface area contributed by atoms with Crippen molar-refractivity contribution in [3.63, 3.8) is 0 Å². The van der Waals surface area contributed by atoms with Gasteiger partial charge >= 0.3 is 23.9 Å². The van der Waals surface area contributed by atoms with Gasteiger partial charge < -0.3 is 18.9 Å². The number of benzene rings is 4. The lowest BCUT2D eigenvalue weighted by Gasteiger charge is -2.27. The molecule has 258 valence electrons. The first-order chi connectivity index (χ1) is 24.2. The summed E-state index contributed by atoms with van der Waals surface area (Å²) < 4.78 is 22.6. The Balaban J connectivity index is 1.78. The molecular weight excluding hydrogens is 644 g/mol. The molecule has 1 aliphatic rings. The van der Waals surface area contributed by atoms with Crippen LogP contribution in [0.15, 0.2) is 133 Å². The second-order valence-corrected chi connectivity index (χ2v) is 12.7. The maximum atomic E-state index is 12.8. The summed E-state index contributed by atoms with van der Waals surface area (Å²) in [6.07, 6.45) is 2.03. The minimum atomic E-state index is -0.674. The van der Waals surface area contributed by atoms with E-state index in [0.29, 0.717) is 5.56 Å². The molecule has 0 aliphatic heterocycles. The third-order valence-electron chi connectivity index (χ3n) is 8.25. The lowest BCUT2D eigenvalue weighted by atomic mass is 9.80. The molecule has 0 radical (unpaired) electrons. The molecule has 0 saturated heterocycles. The molecule has 0 heterocycles. The molecule has 0 bridgehead atoms. The molecule has 51 heavy (non-hydrogen) atoms. The number of fused-ring (bicyclic) bond motifs is 2. The molecule has 8 heteroatoms. The first-order valence-corrected chi connectivity index (χ1v) is 16.2. The van der Waals surface area contributed by atoms with Gasteiger partial charge in [-0.2, -0.15) is 0 Å². The van der Waals surface area contributed by atoms with E-state index in [0.717, 1.165) is 38.2 Å². The van der Waals surface area contributed by atoms with E-state index in [2.05, 4.69) is 26.3 Å². The van der Waals surface area contributed by atoms with Gasteiger partial charge in [0.2, 0.25) is 0 Å². The zero-order valence-electron chi connectivity index (χ0n) is 29.3. The van der Waals surface area contributed by atoms with Crippen LogP contribution in [0, 0.1) is 5.92 Å². The molecule has 4 aromatic carbocycles. The molecule has 4 aromatic rings. The lowest BCUT2D eigenvalue weighted by molar-refractivity contribution is -0.139. The number of allylic oxidation sites excluding steroid dienone is 3. The number of carbonyl (C=O) groups is 4. The summed E-state index contributed by atoms with van der Waals surface area (Å²) in [5, 5.41) is 3.56. The van der Waals surface area contributed by atoms with Crippen LogP contribution in [0.3, 0.4) is 0 Å². The maximum absolute atomic E-state index is 12.8. The standard InChI is InChI=1S/C43H38O8/c1-23(2)40(44)48-34-19-18-28(21-36(34)50-42(46)25(5)6)38-29-14-10-12-16-31(29)39(32-17-13-11-15-30(32)38)33-22-37(51-43(47)26(7)8)35(20-27(33)9)49-41(45)24(3)4/h10-19,21-22,27H,1,3,5,7,20H2,2,4,6,8-9H3. The Morgan fingerprint density at radius 1 is 0.569 bits per heavy atom. The molecule has 8 nitrogen and oxygen atoms in total. The summed E-state index contributed by atoms with van der Waals surface area (Å²) in [6, 6.07) is 20.8. The highest BCUT2D eigenvalue weighted by Crippen LogP contribution is 2.47. The lowest BCUT2D eigenvalue weighted by Crippen LogP contribution is -2.17. The molecule has 1 atom stereocenters. The van der Waals surface area contributed by atoms with E-state index < -0.39 is 23.9 Å². The van der Waals surface area contributed by atoms with Crippen molar-refractivity contribution in [3.8, 4) is 22.6 Å². The number of carbonyl (C=O) groups excluding carboxylic acids is 4. The minimum Gasteiger partial charge on any atom is -0.424 e. The summed E-state index contributed by atoms with van der Waals surface area (Å²) in [7, 11) is 0. The van der Waals surface area contributed by atoms with Gasteiger partial charge in [-0.15, -0.1) is 0 Å². The Kier molecular flexibility index (Phi) is 10.4. The monoisotopic (exact) mass is 682 g/mol. The van der Waals surface area contributed by atoms with Crippen LogP contribution in [0.25, 0.3) is 38.2 Å². The third kappa shape index (κ3) is 7.50. The predicted octanol–water partition coefficient (Wildman–Crippen LogP) is 9.50. The Morgan fingerprint density at radius 2 is 1.00 bits per heavy atom. The highest BCUT2D eigenvalue weighted by molar-refractivity contribution is 6.19. The molecule has 0 aromatic heterocycles. The number of hydrogen-bond acceptors (Lipinski definition) is 8. The van der Waals surface area contributed by atoms with Gasteiger partial charge in [-0.05, 0) is 95.6 Å². The predicted molar refractivity (Wildman–Crippen MR) is 198 cm³/mol. The Hall–Kier alpha value is -6.28. The summed E-state index contributed by atoms with van der Waals surface area (Å²) in [5.74, 6) is -2.33. The fourth-order valence-corrected chi connectivity index (χ4v) is 5.69. The number of rotatable bonds is 10. The normalized spacial score (nSPS) is 14.0. The van der Waals surface area contributed by atoms with Gasteiger partial charge in [-0.25, -0.2) is 19.2 Å². The van der Waals surface area contributed by atoms with E-state index in [4.69, 9.17) is 18.9 Å². The summed E-state index contributed by atoms with van der Waals surface area (Å²) >= 11 is 0. The van der Waals surface area contributed by atoms with Crippen molar-refractivity contribution >= 4 is 51.0 Å². The number of ether oxygens (including phenoxy) is 4. The molecule has 1 unspecified atom stereocenters. The number of hydrogen-bond donors (Lipinski definition) is 0. The highest BCUT2D eigenvalue weighted by Gasteiger charge is 2.30. The van der Waals surface area contributed by atoms with E-state index in [-0.39, 0.29) is 57.6 Å². The quantitative estimate of drug-likeness (QED) is 0.0705. The largest absolute Gasteiger partial charge is 0.424 e. The van der Waals surface area contributed by atoms with E-state index in [1.54, 1.807) is 38.1 Å². The summed E-state index contributed by atoms with van der Waals surface area (Å²) in [6.45, 7) is 22.9. The Labute approximate surface area is 296 Å². The van der Waals surface area contributed by atoms with Crippen LogP contribution in [0.1, 0.15) is 46.6 Å². The SMILES string of the molecule is C=C(C)C(=O)OC1=C(OC(=O)C(=C)C)CC(C)C(c2c3ccccc3c(-c3ccc(OC(=O)C(=C)C)c(OC(=O)C(=C)C)c3)c3ccccc23)=C1. The van der Waals surface area contributed by atoms with Crippen molar-refractivity contribution in [2.75, 3.05) is 0 Å². The van der Waals surface area contributed by atoms with Gasteiger partial charge in [0.15, 0.2) is 23.0 Å². The fraction of sp³-hybridized carbons (Fsp3) is 0.163. The van der Waals surface area contributed by atoms with Crippen LogP contribution in [-0.2, 0) is 28.7 Å². The fourth-order valence-electron chi connectivity index (χ4n) is 5.69. The van der Waals surface area contributed by atoms with Crippen molar-refractivity contribution in [1.29, 1.82) is 0 Å². The topological polar surface area (TPSA) is 105 Å². The van der Waals surface area contributed by atoms with Gasteiger partial charge in [0.1, 0.15) is 0 Å². The average molecular weight is 683 g/mol. The van der Waals surface area contributed by atoms with Crippen LogP contribution in [0.2, 0.25) is 0 Å². The van der Waals surface area contributed by atoms with Gasteiger partial charge in [0, 0.05) is 28.7 Å². The van der Waals surface area contributed by atoms with Gasteiger partial charge in [0.05, 0.1) is 0 Å². The van der Waals surface area contributed by atoms with Crippen molar-refractivity contribution in [2.24, 2.45) is 5.92 Å². The van der Waals surface area contributed by atoms with Gasteiger partial charge in [-0.1, -0.05) is 87.8 Å². The van der Waals surface area contributed by atoms with Gasteiger partial charge in [0.25, 0.3) is 0 Å². The summed E-state index contributed by atoms with van der Waals surface area (Å²) in [4.78, 5) is 50.5. The average Bonchev–Trinajstić information content (AvgIpc) is 3.08. The van der Waals surface area contributed by atoms with E-state index in [1.165, 1.54) is 13.8 Å². The molecule has 0 fully saturated rings. The molecule has 5 rings (SSSR count). The number of esters is 4. The van der Waals surface area contributed by atoms with Crippen molar-refractivity contribution in [1.82, 2.24) is 0 Å². The van der Waals surface area contributed by atoms with E-state index in [9.17, 15) is 19.2 Å². The maximum Gasteiger partial charge on any atom is 0.338 e. The zero-order chi connectivity index (χ0) is 37.1.